The lowest BCUT2D eigenvalue weighted by molar-refractivity contribution is -0.140. The van der Waals surface area contributed by atoms with Gasteiger partial charge in [0.25, 0.3) is 0 Å². The van der Waals surface area contributed by atoms with Crippen LogP contribution < -0.4 is 5.32 Å². The molecule has 0 aliphatic carbocycles. The first kappa shape index (κ1) is 11.5. The second-order valence-corrected chi connectivity index (χ2v) is 3.64. The fourth-order valence-corrected chi connectivity index (χ4v) is 1.42. The van der Waals surface area contributed by atoms with Crippen molar-refractivity contribution in [2.75, 3.05) is 27.2 Å². The number of rotatable bonds is 3. The van der Waals surface area contributed by atoms with Gasteiger partial charge < -0.3 is 15.1 Å². The summed E-state index contributed by atoms with van der Waals surface area (Å²) >= 11 is 0. The summed E-state index contributed by atoms with van der Waals surface area (Å²) < 4.78 is 0. The van der Waals surface area contributed by atoms with Crippen molar-refractivity contribution in [3.8, 4) is 0 Å². The van der Waals surface area contributed by atoms with Crippen LogP contribution in [0.3, 0.4) is 0 Å². The molecule has 1 unspecified atom stereocenters. The number of nitrogens with one attached hydrogen (secondary N) is 1. The number of carbonyl (C=O) groups is 3. The Morgan fingerprint density at radius 2 is 2.33 bits per heavy atom. The monoisotopic (exact) mass is 213 g/mol. The molecule has 1 atom stereocenters. The molecule has 1 rings (SSSR count). The zero-order chi connectivity index (χ0) is 11.4. The predicted octanol–water partition coefficient (Wildman–Crippen LogP) is -1.58. The second-order valence-electron chi connectivity index (χ2n) is 3.64. The third-order valence-corrected chi connectivity index (χ3v) is 2.37. The van der Waals surface area contributed by atoms with Gasteiger partial charge in [-0.3, -0.25) is 14.4 Å². The average Bonchev–Trinajstić information content (AvgIpc) is 2.20. The highest BCUT2D eigenvalue weighted by Crippen LogP contribution is 2.07. The van der Waals surface area contributed by atoms with Gasteiger partial charge in [0.05, 0.1) is 6.42 Å². The van der Waals surface area contributed by atoms with E-state index in [1.54, 1.807) is 14.1 Å². The molecule has 0 aromatic carbocycles. The summed E-state index contributed by atoms with van der Waals surface area (Å²) in [6, 6.07) is -0.661. The van der Waals surface area contributed by atoms with E-state index in [-0.39, 0.29) is 18.2 Å². The Bertz CT molecular complexity index is 278. The maximum absolute atomic E-state index is 11.4. The summed E-state index contributed by atoms with van der Waals surface area (Å²) in [5.74, 6) is -0.424. The molecule has 0 bridgehead atoms. The van der Waals surface area contributed by atoms with E-state index >= 15 is 0 Å². The van der Waals surface area contributed by atoms with Crippen molar-refractivity contribution < 1.29 is 14.4 Å². The predicted molar refractivity (Wildman–Crippen MR) is 52.9 cm³/mol. The summed E-state index contributed by atoms with van der Waals surface area (Å²) in [7, 11) is 3.24. The largest absolute Gasteiger partial charge is 0.353 e. The first-order valence-electron chi connectivity index (χ1n) is 4.75. The Morgan fingerprint density at radius 1 is 1.67 bits per heavy atom. The van der Waals surface area contributed by atoms with E-state index in [0.717, 1.165) is 0 Å². The van der Waals surface area contributed by atoms with Gasteiger partial charge in [-0.2, -0.15) is 0 Å². The van der Waals surface area contributed by atoms with Crippen LogP contribution in [0.2, 0.25) is 0 Å². The van der Waals surface area contributed by atoms with Crippen LogP contribution in [-0.2, 0) is 14.4 Å². The van der Waals surface area contributed by atoms with Crippen molar-refractivity contribution in [3.05, 3.63) is 0 Å². The number of amides is 3. The van der Waals surface area contributed by atoms with Crippen molar-refractivity contribution in [1.29, 1.82) is 0 Å². The standard InChI is InChI=1S/C9H15N3O3/c1-11(2)8(14)5-7-9(15)10-3-4-12(7)6-13/h6-7H,3-5H2,1-2H3,(H,10,15). The molecule has 0 aromatic rings. The van der Waals surface area contributed by atoms with E-state index in [9.17, 15) is 14.4 Å². The van der Waals surface area contributed by atoms with Crippen LogP contribution in [0.4, 0.5) is 0 Å². The Hall–Kier alpha value is -1.59. The van der Waals surface area contributed by atoms with Crippen LogP contribution in [0.5, 0.6) is 0 Å². The Labute approximate surface area is 88.2 Å². The Morgan fingerprint density at radius 3 is 2.87 bits per heavy atom. The van der Waals surface area contributed by atoms with Gasteiger partial charge in [-0.15, -0.1) is 0 Å². The zero-order valence-electron chi connectivity index (χ0n) is 8.90. The van der Waals surface area contributed by atoms with Crippen LogP contribution in [0.15, 0.2) is 0 Å². The van der Waals surface area contributed by atoms with E-state index in [4.69, 9.17) is 0 Å². The normalized spacial score (nSPS) is 20.8. The molecule has 0 aromatic heterocycles. The molecule has 1 aliphatic heterocycles. The molecule has 6 nitrogen and oxygen atoms in total. The van der Waals surface area contributed by atoms with Gasteiger partial charge in [0, 0.05) is 27.2 Å². The highest BCUT2D eigenvalue weighted by Gasteiger charge is 2.30. The van der Waals surface area contributed by atoms with Crippen LogP contribution >= 0.6 is 0 Å². The van der Waals surface area contributed by atoms with Crippen molar-refractivity contribution in [2.24, 2.45) is 0 Å². The number of nitrogens with zero attached hydrogens (tertiary/aromatic N) is 2. The smallest absolute Gasteiger partial charge is 0.243 e. The third kappa shape index (κ3) is 2.68. The van der Waals surface area contributed by atoms with E-state index < -0.39 is 6.04 Å². The molecular weight excluding hydrogens is 198 g/mol. The minimum atomic E-state index is -0.661. The molecule has 0 saturated carbocycles. The highest BCUT2D eigenvalue weighted by atomic mass is 16.2. The molecule has 1 heterocycles. The molecular formula is C9H15N3O3. The molecule has 15 heavy (non-hydrogen) atoms. The van der Waals surface area contributed by atoms with Crippen molar-refractivity contribution >= 4 is 18.2 Å². The SMILES string of the molecule is CN(C)C(=O)CC1C(=O)NCCN1C=O. The first-order chi connectivity index (χ1) is 7.06. The Balaban J connectivity index is 2.66. The molecule has 0 radical (unpaired) electrons. The fourth-order valence-electron chi connectivity index (χ4n) is 1.42. The molecule has 1 fully saturated rings. The van der Waals surface area contributed by atoms with Gasteiger partial charge in [0.15, 0.2) is 0 Å². The van der Waals surface area contributed by atoms with Gasteiger partial charge in [-0.1, -0.05) is 0 Å². The summed E-state index contributed by atoms with van der Waals surface area (Å²) in [6.45, 7) is 0.908. The number of hydrogen-bond donors (Lipinski definition) is 1. The lowest BCUT2D eigenvalue weighted by atomic mass is 10.1. The maximum Gasteiger partial charge on any atom is 0.243 e. The number of hydrogen-bond acceptors (Lipinski definition) is 3. The van der Waals surface area contributed by atoms with Gasteiger partial charge in [-0.05, 0) is 0 Å². The number of carbonyl (C=O) groups excluding carboxylic acids is 3. The van der Waals surface area contributed by atoms with E-state index in [1.807, 2.05) is 0 Å². The highest BCUT2D eigenvalue weighted by molar-refractivity contribution is 5.90. The molecule has 0 spiro atoms. The van der Waals surface area contributed by atoms with Crippen molar-refractivity contribution in [3.63, 3.8) is 0 Å². The van der Waals surface area contributed by atoms with Crippen LogP contribution in [-0.4, -0.2) is 61.3 Å². The zero-order valence-corrected chi connectivity index (χ0v) is 8.90. The summed E-state index contributed by atoms with van der Waals surface area (Å²) in [4.78, 5) is 36.3. The lowest BCUT2D eigenvalue weighted by Crippen LogP contribution is -2.55. The van der Waals surface area contributed by atoms with E-state index in [0.29, 0.717) is 19.5 Å². The van der Waals surface area contributed by atoms with Crippen molar-refractivity contribution in [1.82, 2.24) is 15.1 Å². The van der Waals surface area contributed by atoms with Gasteiger partial charge >= 0.3 is 0 Å². The summed E-state index contributed by atoms with van der Waals surface area (Å²) in [5, 5.41) is 2.63. The van der Waals surface area contributed by atoms with Crippen LogP contribution in [0.25, 0.3) is 0 Å². The fraction of sp³-hybridized carbons (Fsp3) is 0.667. The second kappa shape index (κ2) is 4.77. The van der Waals surface area contributed by atoms with Crippen LogP contribution in [0, 0.1) is 0 Å². The number of piperazine rings is 1. The molecule has 84 valence electrons. The minimum absolute atomic E-state index is 0.0393. The maximum atomic E-state index is 11.4. The molecule has 6 heteroatoms. The van der Waals surface area contributed by atoms with Gasteiger partial charge in [0.2, 0.25) is 18.2 Å². The molecule has 1 N–H and O–H groups in total. The van der Waals surface area contributed by atoms with Crippen LogP contribution in [0.1, 0.15) is 6.42 Å². The van der Waals surface area contributed by atoms with Gasteiger partial charge in [-0.25, -0.2) is 0 Å². The molecule has 1 saturated heterocycles. The van der Waals surface area contributed by atoms with Crippen molar-refractivity contribution in [2.45, 2.75) is 12.5 Å². The first-order valence-corrected chi connectivity index (χ1v) is 4.75. The van der Waals surface area contributed by atoms with Gasteiger partial charge in [0.1, 0.15) is 6.04 Å². The summed E-state index contributed by atoms with van der Waals surface area (Å²) in [5.41, 5.74) is 0. The summed E-state index contributed by atoms with van der Waals surface area (Å²) in [6.07, 6.45) is 0.657. The Kier molecular flexibility index (Phi) is 3.65. The topological polar surface area (TPSA) is 69.7 Å². The average molecular weight is 213 g/mol. The quantitative estimate of drug-likeness (QED) is 0.575. The lowest BCUT2D eigenvalue weighted by Gasteiger charge is -2.32. The third-order valence-electron chi connectivity index (χ3n) is 2.37. The molecule has 3 amide bonds. The van der Waals surface area contributed by atoms with E-state index in [2.05, 4.69) is 5.32 Å². The van der Waals surface area contributed by atoms with E-state index in [1.165, 1.54) is 9.80 Å². The minimum Gasteiger partial charge on any atom is -0.353 e. The molecule has 1 aliphatic rings.